The first kappa shape index (κ1) is 15.5. The summed E-state index contributed by atoms with van der Waals surface area (Å²) in [6.07, 6.45) is 2.40. The maximum Gasteiger partial charge on any atom is 0.178 e. The lowest BCUT2D eigenvalue weighted by atomic mass is 10.1. The van der Waals surface area contributed by atoms with Crippen LogP contribution in [0.1, 0.15) is 37.0 Å². The smallest absolute Gasteiger partial charge is 0.178 e. The van der Waals surface area contributed by atoms with Gasteiger partial charge in [-0.05, 0) is 50.0 Å². The molecule has 0 N–H and O–H groups in total. The highest BCUT2D eigenvalue weighted by Crippen LogP contribution is 2.24. The number of carbonyl (C=O) groups is 1. The average Bonchev–Trinajstić information content (AvgIpc) is 2.90. The molecule has 1 saturated heterocycles. The summed E-state index contributed by atoms with van der Waals surface area (Å²) in [5, 5.41) is 0. The zero-order valence-electron chi connectivity index (χ0n) is 12.2. The molecular formula is C16H22BrNO2. The molecule has 1 aromatic carbocycles. The van der Waals surface area contributed by atoms with Crippen molar-refractivity contribution >= 4 is 21.7 Å². The first-order valence-electron chi connectivity index (χ1n) is 7.24. The Balaban J connectivity index is 2.04. The fourth-order valence-corrected chi connectivity index (χ4v) is 2.77. The second-order valence-corrected chi connectivity index (χ2v) is 6.61. The molecule has 0 bridgehead atoms. The number of carbonyl (C=O) groups excluding carboxylic acids is 1. The normalized spacial score (nSPS) is 15.8. The standard InChI is InChI=1S/C16H22BrNO2/c1-12(2)11-20-13-5-6-15(17)14(9-13)16(19)10-18-7-3-4-8-18/h5-6,9,12H,3-4,7-8,10-11H2,1-2H3. The van der Waals surface area contributed by atoms with Crippen LogP contribution in [0.15, 0.2) is 22.7 Å². The van der Waals surface area contributed by atoms with Gasteiger partial charge in [-0.2, -0.15) is 0 Å². The number of ether oxygens (including phenoxy) is 1. The minimum Gasteiger partial charge on any atom is -0.493 e. The van der Waals surface area contributed by atoms with Crippen molar-refractivity contribution in [1.82, 2.24) is 4.90 Å². The highest BCUT2D eigenvalue weighted by atomic mass is 79.9. The van der Waals surface area contributed by atoms with E-state index in [2.05, 4.69) is 34.7 Å². The molecule has 3 nitrogen and oxygen atoms in total. The number of benzene rings is 1. The average molecular weight is 340 g/mol. The Hall–Kier alpha value is -0.870. The molecule has 0 saturated carbocycles. The second kappa shape index (κ2) is 7.23. The van der Waals surface area contributed by atoms with E-state index in [4.69, 9.17) is 4.74 Å². The van der Waals surface area contributed by atoms with Gasteiger partial charge < -0.3 is 4.74 Å². The number of halogens is 1. The first-order valence-corrected chi connectivity index (χ1v) is 8.03. The molecule has 2 rings (SSSR count). The van der Waals surface area contributed by atoms with Crippen LogP contribution in [0.3, 0.4) is 0 Å². The first-order chi connectivity index (χ1) is 9.56. The van der Waals surface area contributed by atoms with Crippen LogP contribution in [-0.4, -0.2) is 36.9 Å². The van der Waals surface area contributed by atoms with Gasteiger partial charge in [-0.25, -0.2) is 0 Å². The Morgan fingerprint density at radius 3 is 2.70 bits per heavy atom. The lowest BCUT2D eigenvalue weighted by Gasteiger charge is -2.15. The van der Waals surface area contributed by atoms with Crippen LogP contribution in [0, 0.1) is 5.92 Å². The topological polar surface area (TPSA) is 29.5 Å². The zero-order chi connectivity index (χ0) is 14.5. The molecule has 20 heavy (non-hydrogen) atoms. The quantitative estimate of drug-likeness (QED) is 0.739. The maximum absolute atomic E-state index is 12.4. The molecule has 0 spiro atoms. The number of ketones is 1. The molecule has 0 aromatic heterocycles. The third-order valence-corrected chi connectivity index (χ3v) is 4.08. The van der Waals surface area contributed by atoms with Crippen LogP contribution < -0.4 is 4.74 Å². The third kappa shape index (κ3) is 4.32. The predicted molar refractivity (Wildman–Crippen MR) is 84.5 cm³/mol. The van der Waals surface area contributed by atoms with E-state index in [1.54, 1.807) is 0 Å². The zero-order valence-corrected chi connectivity index (χ0v) is 13.8. The summed E-state index contributed by atoms with van der Waals surface area (Å²) in [4.78, 5) is 14.6. The molecule has 1 aliphatic rings. The molecule has 1 aromatic rings. The van der Waals surface area contributed by atoms with Crippen LogP contribution in [-0.2, 0) is 0 Å². The largest absolute Gasteiger partial charge is 0.493 e. The number of Topliss-reactive ketones (excluding diaryl/α,β-unsaturated/α-hetero) is 1. The van der Waals surface area contributed by atoms with E-state index >= 15 is 0 Å². The monoisotopic (exact) mass is 339 g/mol. The molecule has 0 atom stereocenters. The van der Waals surface area contributed by atoms with Gasteiger partial charge in [0.1, 0.15) is 5.75 Å². The van der Waals surface area contributed by atoms with E-state index in [1.165, 1.54) is 12.8 Å². The van der Waals surface area contributed by atoms with Crippen LogP contribution in [0.4, 0.5) is 0 Å². The Morgan fingerprint density at radius 2 is 2.05 bits per heavy atom. The molecule has 110 valence electrons. The molecule has 0 radical (unpaired) electrons. The van der Waals surface area contributed by atoms with E-state index < -0.39 is 0 Å². The van der Waals surface area contributed by atoms with Crippen LogP contribution in [0.2, 0.25) is 0 Å². The van der Waals surface area contributed by atoms with Gasteiger partial charge >= 0.3 is 0 Å². The number of nitrogens with zero attached hydrogens (tertiary/aromatic N) is 1. The second-order valence-electron chi connectivity index (χ2n) is 5.75. The molecule has 1 fully saturated rings. The molecule has 1 heterocycles. The summed E-state index contributed by atoms with van der Waals surface area (Å²) in [5.74, 6) is 1.41. The van der Waals surface area contributed by atoms with Gasteiger partial charge in [-0.15, -0.1) is 0 Å². The summed E-state index contributed by atoms with van der Waals surface area (Å²) >= 11 is 3.47. The van der Waals surface area contributed by atoms with Gasteiger partial charge in [0.25, 0.3) is 0 Å². The van der Waals surface area contributed by atoms with Crippen molar-refractivity contribution in [2.24, 2.45) is 5.92 Å². The van der Waals surface area contributed by atoms with Crippen molar-refractivity contribution in [2.45, 2.75) is 26.7 Å². The lowest BCUT2D eigenvalue weighted by molar-refractivity contribution is 0.0944. The highest BCUT2D eigenvalue weighted by Gasteiger charge is 2.18. The van der Waals surface area contributed by atoms with Gasteiger partial charge in [0.15, 0.2) is 5.78 Å². The number of rotatable bonds is 6. The molecule has 4 heteroatoms. The van der Waals surface area contributed by atoms with Crippen molar-refractivity contribution in [3.8, 4) is 5.75 Å². The summed E-state index contributed by atoms with van der Waals surface area (Å²) < 4.78 is 6.54. The molecule has 1 aliphatic heterocycles. The summed E-state index contributed by atoms with van der Waals surface area (Å²) in [5.41, 5.74) is 0.721. The summed E-state index contributed by atoms with van der Waals surface area (Å²) in [7, 11) is 0. The van der Waals surface area contributed by atoms with E-state index in [0.717, 1.165) is 28.9 Å². The Morgan fingerprint density at radius 1 is 1.35 bits per heavy atom. The minimum absolute atomic E-state index is 0.161. The van der Waals surface area contributed by atoms with Gasteiger partial charge in [0.2, 0.25) is 0 Å². The van der Waals surface area contributed by atoms with E-state index in [1.807, 2.05) is 18.2 Å². The number of likely N-dealkylation sites (tertiary alicyclic amines) is 1. The summed E-state index contributed by atoms with van der Waals surface area (Å²) in [6.45, 7) is 7.46. The van der Waals surface area contributed by atoms with Crippen molar-refractivity contribution in [3.63, 3.8) is 0 Å². The molecule has 0 aliphatic carbocycles. The van der Waals surface area contributed by atoms with E-state index in [-0.39, 0.29) is 5.78 Å². The van der Waals surface area contributed by atoms with Crippen molar-refractivity contribution in [1.29, 1.82) is 0 Å². The van der Waals surface area contributed by atoms with Gasteiger partial charge in [-0.3, -0.25) is 9.69 Å². The highest BCUT2D eigenvalue weighted by molar-refractivity contribution is 9.10. The number of hydrogen-bond donors (Lipinski definition) is 0. The lowest BCUT2D eigenvalue weighted by Crippen LogP contribution is -2.27. The van der Waals surface area contributed by atoms with Crippen molar-refractivity contribution in [2.75, 3.05) is 26.2 Å². The Kier molecular flexibility index (Phi) is 5.61. The maximum atomic E-state index is 12.4. The van der Waals surface area contributed by atoms with Crippen molar-refractivity contribution in [3.05, 3.63) is 28.2 Å². The van der Waals surface area contributed by atoms with Gasteiger partial charge in [0.05, 0.1) is 13.2 Å². The van der Waals surface area contributed by atoms with E-state index in [9.17, 15) is 4.79 Å². The Bertz CT molecular complexity index is 468. The number of hydrogen-bond acceptors (Lipinski definition) is 3. The molecule has 0 amide bonds. The fourth-order valence-electron chi connectivity index (χ4n) is 2.30. The fraction of sp³-hybridized carbons (Fsp3) is 0.562. The van der Waals surface area contributed by atoms with Gasteiger partial charge in [-0.1, -0.05) is 29.8 Å². The van der Waals surface area contributed by atoms with Gasteiger partial charge in [0, 0.05) is 10.0 Å². The van der Waals surface area contributed by atoms with Crippen molar-refractivity contribution < 1.29 is 9.53 Å². The SMILES string of the molecule is CC(C)COc1ccc(Br)c(C(=O)CN2CCCC2)c1. The van der Waals surface area contributed by atoms with E-state index in [0.29, 0.717) is 19.1 Å². The Labute approximate surface area is 129 Å². The van der Waals surface area contributed by atoms with Crippen LogP contribution in [0.25, 0.3) is 0 Å². The molecular weight excluding hydrogens is 318 g/mol. The predicted octanol–water partition coefficient (Wildman–Crippen LogP) is 3.76. The third-order valence-electron chi connectivity index (χ3n) is 3.39. The van der Waals surface area contributed by atoms with Crippen LogP contribution in [0.5, 0.6) is 5.75 Å². The minimum atomic E-state index is 0.161. The molecule has 0 unspecified atom stereocenters. The van der Waals surface area contributed by atoms with Crippen LogP contribution >= 0.6 is 15.9 Å². The summed E-state index contributed by atoms with van der Waals surface area (Å²) in [6, 6.07) is 5.65.